The van der Waals surface area contributed by atoms with E-state index in [2.05, 4.69) is 57.4 Å². The molecule has 1 aliphatic carbocycles. The Hall–Kier alpha value is -2.07. The van der Waals surface area contributed by atoms with Crippen molar-refractivity contribution in [2.75, 3.05) is 5.32 Å². The van der Waals surface area contributed by atoms with Crippen LogP contribution in [0.1, 0.15) is 89.7 Å². The van der Waals surface area contributed by atoms with Gasteiger partial charge in [-0.1, -0.05) is 51.3 Å². The summed E-state index contributed by atoms with van der Waals surface area (Å²) in [4.78, 5) is 0. The van der Waals surface area contributed by atoms with Gasteiger partial charge >= 0.3 is 0 Å². The van der Waals surface area contributed by atoms with Crippen molar-refractivity contribution in [1.29, 1.82) is 0 Å². The molecule has 2 aromatic rings. The van der Waals surface area contributed by atoms with Crippen LogP contribution in [0, 0.1) is 0 Å². The van der Waals surface area contributed by atoms with Gasteiger partial charge in [0.15, 0.2) is 5.11 Å². The minimum atomic E-state index is -0.0799. The van der Waals surface area contributed by atoms with Gasteiger partial charge in [0.25, 0.3) is 0 Å². The molecule has 0 spiro atoms. The lowest BCUT2D eigenvalue weighted by molar-refractivity contribution is 0.439. The van der Waals surface area contributed by atoms with Crippen molar-refractivity contribution in [3.8, 4) is 11.5 Å². The predicted octanol–water partition coefficient (Wildman–Crippen LogP) is 7.73. The molecule has 0 aromatic heterocycles. The van der Waals surface area contributed by atoms with Gasteiger partial charge in [-0.15, -0.1) is 0 Å². The highest BCUT2D eigenvalue weighted by Crippen LogP contribution is 2.42. The van der Waals surface area contributed by atoms with Gasteiger partial charge in [0.05, 0.1) is 0 Å². The molecule has 4 heteroatoms. The summed E-state index contributed by atoms with van der Waals surface area (Å²) in [6.07, 6.45) is 6.35. The molecule has 1 aliphatic rings. The average Bonchev–Trinajstić information content (AvgIpc) is 2.68. The molecule has 0 aliphatic heterocycles. The molecular formula is C26H36N2OS. The normalized spacial score (nSPS) is 15.1. The molecule has 0 radical (unpaired) electrons. The Balaban J connectivity index is 2.02. The summed E-state index contributed by atoms with van der Waals surface area (Å²) in [5, 5.41) is 7.66. The number of hydrogen-bond acceptors (Lipinski definition) is 2. The zero-order chi connectivity index (χ0) is 21.7. The maximum absolute atomic E-state index is 6.26. The van der Waals surface area contributed by atoms with Crippen molar-refractivity contribution < 1.29 is 4.74 Å². The van der Waals surface area contributed by atoms with Gasteiger partial charge < -0.3 is 15.4 Å². The van der Waals surface area contributed by atoms with Crippen molar-refractivity contribution in [2.45, 2.75) is 84.1 Å². The van der Waals surface area contributed by atoms with Crippen LogP contribution in [0.25, 0.3) is 0 Å². The Morgan fingerprint density at radius 2 is 1.67 bits per heavy atom. The number of benzene rings is 2. The van der Waals surface area contributed by atoms with E-state index in [1.54, 1.807) is 0 Å². The minimum Gasteiger partial charge on any atom is -0.457 e. The Bertz CT molecular complexity index is 849. The van der Waals surface area contributed by atoms with Crippen molar-refractivity contribution >= 4 is 23.0 Å². The fourth-order valence-electron chi connectivity index (χ4n) is 4.16. The number of hydrogen-bond donors (Lipinski definition) is 2. The van der Waals surface area contributed by atoms with Crippen LogP contribution in [0.15, 0.2) is 42.5 Å². The molecular weight excluding hydrogens is 388 g/mol. The lowest BCUT2D eigenvalue weighted by atomic mass is 9.81. The first-order valence-electron chi connectivity index (χ1n) is 11.2. The molecule has 0 amide bonds. The van der Waals surface area contributed by atoms with Gasteiger partial charge in [-0.05, 0) is 93.1 Å². The van der Waals surface area contributed by atoms with Gasteiger partial charge in [0, 0.05) is 11.2 Å². The number of anilines is 1. The van der Waals surface area contributed by atoms with E-state index in [1.807, 2.05) is 30.3 Å². The second-order valence-corrected chi connectivity index (χ2v) is 10.1. The summed E-state index contributed by atoms with van der Waals surface area (Å²) < 4.78 is 6.26. The monoisotopic (exact) mass is 424 g/mol. The summed E-state index contributed by atoms with van der Waals surface area (Å²) >= 11 is 5.68. The largest absolute Gasteiger partial charge is 0.457 e. The fraction of sp³-hybridized carbons (Fsp3) is 0.500. The van der Waals surface area contributed by atoms with Crippen LogP contribution >= 0.6 is 12.2 Å². The second-order valence-electron chi connectivity index (χ2n) is 9.71. The standard InChI is InChI=1S/C26H36N2OS/c1-18(2)22-16-21(29-20-14-10-7-11-15-20)17-23(19-12-8-6-9-13-19)24(22)27-25(30)28-26(3,4)5/h7,10-11,14-19H,6,8-9,12-13H2,1-5H3,(H2,27,28,30). The van der Waals surface area contributed by atoms with Crippen LogP contribution in [0.4, 0.5) is 5.69 Å². The van der Waals surface area contributed by atoms with E-state index < -0.39 is 0 Å². The highest BCUT2D eigenvalue weighted by Gasteiger charge is 2.24. The number of ether oxygens (including phenoxy) is 1. The highest BCUT2D eigenvalue weighted by atomic mass is 32.1. The summed E-state index contributed by atoms with van der Waals surface area (Å²) in [6, 6.07) is 14.4. The van der Waals surface area contributed by atoms with E-state index in [0.717, 1.165) is 11.5 Å². The molecule has 1 saturated carbocycles. The lowest BCUT2D eigenvalue weighted by Gasteiger charge is -2.30. The maximum Gasteiger partial charge on any atom is 0.171 e. The SMILES string of the molecule is CC(C)c1cc(Oc2ccccc2)cc(C2CCCCC2)c1NC(=S)NC(C)(C)C. The Morgan fingerprint density at radius 3 is 2.27 bits per heavy atom. The van der Waals surface area contributed by atoms with Crippen LogP contribution in [-0.2, 0) is 0 Å². The molecule has 0 unspecified atom stereocenters. The van der Waals surface area contributed by atoms with Gasteiger partial charge in [-0.3, -0.25) is 0 Å². The van der Waals surface area contributed by atoms with Crippen molar-refractivity contribution in [3.63, 3.8) is 0 Å². The van der Waals surface area contributed by atoms with E-state index in [0.29, 0.717) is 16.9 Å². The van der Waals surface area contributed by atoms with E-state index in [4.69, 9.17) is 17.0 Å². The van der Waals surface area contributed by atoms with Crippen molar-refractivity contribution in [1.82, 2.24) is 5.32 Å². The molecule has 30 heavy (non-hydrogen) atoms. The average molecular weight is 425 g/mol. The molecule has 2 aromatic carbocycles. The third-order valence-corrected chi connectivity index (χ3v) is 5.75. The summed E-state index contributed by atoms with van der Waals surface area (Å²) in [5.74, 6) is 2.67. The first-order valence-corrected chi connectivity index (χ1v) is 11.6. The Labute approximate surface area is 187 Å². The molecule has 162 valence electrons. The quantitative estimate of drug-likeness (QED) is 0.481. The summed E-state index contributed by atoms with van der Waals surface area (Å²) in [7, 11) is 0. The number of nitrogens with one attached hydrogen (secondary N) is 2. The van der Waals surface area contributed by atoms with Gasteiger partial charge in [-0.25, -0.2) is 0 Å². The summed E-state index contributed by atoms with van der Waals surface area (Å²) in [6.45, 7) is 10.9. The summed E-state index contributed by atoms with van der Waals surface area (Å²) in [5.41, 5.74) is 3.68. The first-order chi connectivity index (χ1) is 14.2. The zero-order valence-corrected chi connectivity index (χ0v) is 19.9. The Kier molecular flexibility index (Phi) is 7.41. The lowest BCUT2D eigenvalue weighted by Crippen LogP contribution is -2.43. The third-order valence-electron chi connectivity index (χ3n) is 5.55. The van der Waals surface area contributed by atoms with E-state index in [1.165, 1.54) is 48.9 Å². The fourth-order valence-corrected chi connectivity index (χ4v) is 4.57. The van der Waals surface area contributed by atoms with Gasteiger partial charge in [0.1, 0.15) is 11.5 Å². The highest BCUT2D eigenvalue weighted by molar-refractivity contribution is 7.80. The first kappa shape index (κ1) is 22.6. The van der Waals surface area contributed by atoms with E-state index in [-0.39, 0.29) is 5.54 Å². The minimum absolute atomic E-state index is 0.0799. The van der Waals surface area contributed by atoms with Crippen LogP contribution in [0.3, 0.4) is 0 Å². The number of para-hydroxylation sites is 1. The van der Waals surface area contributed by atoms with E-state index in [9.17, 15) is 0 Å². The van der Waals surface area contributed by atoms with Crippen LogP contribution in [0.5, 0.6) is 11.5 Å². The smallest absolute Gasteiger partial charge is 0.171 e. The van der Waals surface area contributed by atoms with Crippen LogP contribution < -0.4 is 15.4 Å². The molecule has 3 rings (SSSR count). The van der Waals surface area contributed by atoms with Crippen molar-refractivity contribution in [2.24, 2.45) is 0 Å². The molecule has 0 heterocycles. The number of thiocarbonyl (C=S) groups is 1. The molecule has 0 bridgehead atoms. The maximum atomic E-state index is 6.26. The molecule has 1 fully saturated rings. The van der Waals surface area contributed by atoms with Gasteiger partial charge in [0.2, 0.25) is 0 Å². The van der Waals surface area contributed by atoms with Gasteiger partial charge in [-0.2, -0.15) is 0 Å². The second kappa shape index (κ2) is 9.82. The Morgan fingerprint density at radius 1 is 1.00 bits per heavy atom. The molecule has 0 saturated heterocycles. The topological polar surface area (TPSA) is 33.3 Å². The zero-order valence-electron chi connectivity index (χ0n) is 19.0. The third kappa shape index (κ3) is 6.21. The van der Waals surface area contributed by atoms with Crippen LogP contribution in [0.2, 0.25) is 0 Å². The van der Waals surface area contributed by atoms with Crippen molar-refractivity contribution in [3.05, 3.63) is 53.6 Å². The molecule has 0 atom stereocenters. The molecule has 2 N–H and O–H groups in total. The van der Waals surface area contributed by atoms with E-state index >= 15 is 0 Å². The van der Waals surface area contributed by atoms with Crippen LogP contribution in [-0.4, -0.2) is 10.7 Å². The predicted molar refractivity (Wildman–Crippen MR) is 132 cm³/mol. The number of rotatable bonds is 5. The molecule has 3 nitrogen and oxygen atoms in total.